The SMILES string of the molecule is CCNc1ncc(C(=O)N2C[C@H](C(=O)O)[C@@H](c3cccc(OC)c3)C2)cn1. The minimum absolute atomic E-state index is 0.144. The summed E-state index contributed by atoms with van der Waals surface area (Å²) in [6.07, 6.45) is 2.92. The average molecular weight is 370 g/mol. The number of ether oxygens (including phenoxy) is 1. The second-order valence-electron chi connectivity index (χ2n) is 6.36. The van der Waals surface area contributed by atoms with Crippen molar-refractivity contribution in [2.45, 2.75) is 12.8 Å². The minimum Gasteiger partial charge on any atom is -0.497 e. The van der Waals surface area contributed by atoms with Crippen LogP contribution in [0.3, 0.4) is 0 Å². The van der Waals surface area contributed by atoms with E-state index in [0.717, 1.165) is 5.56 Å². The number of rotatable bonds is 6. The number of hydrogen-bond donors (Lipinski definition) is 2. The zero-order chi connectivity index (χ0) is 19.4. The number of carboxylic acids is 1. The molecule has 3 rings (SSSR count). The highest BCUT2D eigenvalue weighted by atomic mass is 16.5. The molecule has 2 aromatic rings. The van der Waals surface area contributed by atoms with Gasteiger partial charge in [0.05, 0.1) is 18.6 Å². The quantitative estimate of drug-likeness (QED) is 0.799. The van der Waals surface area contributed by atoms with Gasteiger partial charge in [0, 0.05) is 37.9 Å². The molecular weight excluding hydrogens is 348 g/mol. The lowest BCUT2D eigenvalue weighted by Gasteiger charge is -2.17. The molecule has 1 fully saturated rings. The van der Waals surface area contributed by atoms with Gasteiger partial charge in [-0.3, -0.25) is 9.59 Å². The summed E-state index contributed by atoms with van der Waals surface area (Å²) >= 11 is 0. The van der Waals surface area contributed by atoms with Gasteiger partial charge in [-0.05, 0) is 24.6 Å². The number of nitrogens with one attached hydrogen (secondary N) is 1. The van der Waals surface area contributed by atoms with Crippen molar-refractivity contribution in [3.8, 4) is 5.75 Å². The summed E-state index contributed by atoms with van der Waals surface area (Å²) in [6, 6.07) is 7.32. The summed E-state index contributed by atoms with van der Waals surface area (Å²) in [5.41, 5.74) is 1.18. The predicted molar refractivity (Wildman–Crippen MR) is 99.0 cm³/mol. The molecule has 1 aromatic heterocycles. The summed E-state index contributed by atoms with van der Waals surface area (Å²) in [7, 11) is 1.56. The first-order chi connectivity index (χ1) is 13.0. The lowest BCUT2D eigenvalue weighted by molar-refractivity contribution is -0.141. The van der Waals surface area contributed by atoms with Crippen LogP contribution in [0.4, 0.5) is 5.95 Å². The van der Waals surface area contributed by atoms with Gasteiger partial charge in [0.15, 0.2) is 0 Å². The Morgan fingerprint density at radius 3 is 2.67 bits per heavy atom. The molecule has 0 saturated carbocycles. The van der Waals surface area contributed by atoms with Gasteiger partial charge in [0.25, 0.3) is 5.91 Å². The maximum Gasteiger partial charge on any atom is 0.308 e. The summed E-state index contributed by atoms with van der Waals surface area (Å²) in [5, 5.41) is 12.6. The lowest BCUT2D eigenvalue weighted by atomic mass is 9.89. The Hall–Kier alpha value is -3.16. The Morgan fingerprint density at radius 2 is 2.04 bits per heavy atom. The van der Waals surface area contributed by atoms with E-state index >= 15 is 0 Å². The zero-order valence-electron chi connectivity index (χ0n) is 15.3. The van der Waals surface area contributed by atoms with E-state index in [4.69, 9.17) is 4.74 Å². The van der Waals surface area contributed by atoms with Gasteiger partial charge >= 0.3 is 5.97 Å². The van der Waals surface area contributed by atoms with Gasteiger partial charge in [0.1, 0.15) is 5.75 Å². The van der Waals surface area contributed by atoms with E-state index in [0.29, 0.717) is 30.4 Å². The van der Waals surface area contributed by atoms with Crippen molar-refractivity contribution >= 4 is 17.8 Å². The molecule has 8 heteroatoms. The van der Waals surface area contributed by atoms with Crippen molar-refractivity contribution in [1.82, 2.24) is 14.9 Å². The van der Waals surface area contributed by atoms with Crippen LogP contribution < -0.4 is 10.1 Å². The highest BCUT2D eigenvalue weighted by Gasteiger charge is 2.40. The van der Waals surface area contributed by atoms with Gasteiger partial charge < -0.3 is 20.1 Å². The number of carbonyl (C=O) groups is 2. The molecule has 27 heavy (non-hydrogen) atoms. The van der Waals surface area contributed by atoms with Crippen molar-refractivity contribution in [3.05, 3.63) is 47.8 Å². The number of benzene rings is 1. The van der Waals surface area contributed by atoms with Crippen molar-refractivity contribution in [2.24, 2.45) is 5.92 Å². The number of methoxy groups -OCH3 is 1. The maximum atomic E-state index is 12.8. The van der Waals surface area contributed by atoms with E-state index < -0.39 is 11.9 Å². The van der Waals surface area contributed by atoms with Gasteiger partial charge in [-0.15, -0.1) is 0 Å². The molecule has 2 heterocycles. The Morgan fingerprint density at radius 1 is 1.30 bits per heavy atom. The summed E-state index contributed by atoms with van der Waals surface area (Å²) in [4.78, 5) is 34.3. The fourth-order valence-corrected chi connectivity index (χ4v) is 3.30. The molecule has 0 unspecified atom stereocenters. The first-order valence-electron chi connectivity index (χ1n) is 8.75. The summed E-state index contributed by atoms with van der Waals surface area (Å²) < 4.78 is 5.23. The summed E-state index contributed by atoms with van der Waals surface area (Å²) in [5.74, 6) is -1.06. The highest BCUT2D eigenvalue weighted by Crippen LogP contribution is 2.35. The first-order valence-corrected chi connectivity index (χ1v) is 8.75. The number of nitrogens with zero attached hydrogens (tertiary/aromatic N) is 3. The zero-order valence-corrected chi connectivity index (χ0v) is 15.3. The van der Waals surface area contributed by atoms with Crippen LogP contribution in [0.25, 0.3) is 0 Å². The molecule has 8 nitrogen and oxygen atoms in total. The predicted octanol–water partition coefficient (Wildman–Crippen LogP) is 1.86. The third-order valence-electron chi connectivity index (χ3n) is 4.68. The van der Waals surface area contributed by atoms with Crippen LogP contribution in [0, 0.1) is 5.92 Å². The molecule has 1 aliphatic heterocycles. The fraction of sp³-hybridized carbons (Fsp3) is 0.368. The molecule has 2 atom stereocenters. The van der Waals surface area contributed by atoms with Crippen LogP contribution in [0.15, 0.2) is 36.7 Å². The average Bonchev–Trinajstić information content (AvgIpc) is 3.14. The molecule has 1 amide bonds. The number of likely N-dealkylation sites (tertiary alicyclic amines) is 1. The van der Waals surface area contributed by atoms with E-state index in [1.165, 1.54) is 12.4 Å². The number of amides is 1. The second-order valence-corrected chi connectivity index (χ2v) is 6.36. The molecule has 0 spiro atoms. The molecule has 142 valence electrons. The topological polar surface area (TPSA) is 105 Å². The first kappa shape index (κ1) is 18.6. The van der Waals surface area contributed by atoms with E-state index in [2.05, 4.69) is 15.3 Å². The fourth-order valence-electron chi connectivity index (χ4n) is 3.30. The molecule has 0 bridgehead atoms. The van der Waals surface area contributed by atoms with Crippen LogP contribution in [-0.4, -0.2) is 58.6 Å². The van der Waals surface area contributed by atoms with E-state index in [-0.39, 0.29) is 18.4 Å². The molecular formula is C19H22N4O4. The minimum atomic E-state index is -0.920. The number of anilines is 1. The largest absolute Gasteiger partial charge is 0.497 e. The smallest absolute Gasteiger partial charge is 0.308 e. The van der Waals surface area contributed by atoms with Crippen molar-refractivity contribution < 1.29 is 19.4 Å². The molecule has 1 aliphatic rings. The maximum absolute atomic E-state index is 12.8. The van der Waals surface area contributed by atoms with E-state index in [1.807, 2.05) is 25.1 Å². The third kappa shape index (κ3) is 3.99. The molecule has 1 saturated heterocycles. The third-order valence-corrected chi connectivity index (χ3v) is 4.68. The van der Waals surface area contributed by atoms with Crippen molar-refractivity contribution in [3.63, 3.8) is 0 Å². The normalized spacial score (nSPS) is 19.0. The molecule has 0 aliphatic carbocycles. The van der Waals surface area contributed by atoms with Crippen LogP contribution in [-0.2, 0) is 4.79 Å². The van der Waals surface area contributed by atoms with Crippen LogP contribution in [0.5, 0.6) is 5.75 Å². The number of hydrogen-bond acceptors (Lipinski definition) is 6. The van der Waals surface area contributed by atoms with Crippen LogP contribution >= 0.6 is 0 Å². The van der Waals surface area contributed by atoms with Crippen molar-refractivity contribution in [2.75, 3.05) is 32.1 Å². The number of aromatic nitrogens is 2. The number of carboxylic acid groups (broad SMARTS) is 1. The second kappa shape index (κ2) is 8.03. The molecule has 1 aromatic carbocycles. The Kier molecular flexibility index (Phi) is 5.54. The Labute approximate surface area is 157 Å². The Balaban J connectivity index is 1.81. The monoisotopic (exact) mass is 370 g/mol. The van der Waals surface area contributed by atoms with Gasteiger partial charge in [-0.25, -0.2) is 9.97 Å². The van der Waals surface area contributed by atoms with Crippen LogP contribution in [0.1, 0.15) is 28.8 Å². The van der Waals surface area contributed by atoms with Gasteiger partial charge in [-0.1, -0.05) is 12.1 Å². The van der Waals surface area contributed by atoms with Crippen LogP contribution in [0.2, 0.25) is 0 Å². The van der Waals surface area contributed by atoms with Gasteiger partial charge in [0.2, 0.25) is 5.95 Å². The Bertz CT molecular complexity index is 825. The number of aliphatic carboxylic acids is 1. The number of carbonyl (C=O) groups excluding carboxylic acids is 1. The standard InChI is InChI=1S/C19H22N4O4/c1-3-20-19-21-8-13(9-22-19)17(24)23-10-15(16(11-23)18(25)26)12-5-4-6-14(7-12)27-2/h4-9,15-16H,3,10-11H2,1-2H3,(H,25,26)(H,20,21,22)/t15-,16+/m1/s1. The van der Waals surface area contributed by atoms with Gasteiger partial charge in [-0.2, -0.15) is 0 Å². The summed E-state index contributed by atoms with van der Waals surface area (Å²) in [6.45, 7) is 3.07. The van der Waals surface area contributed by atoms with Crippen molar-refractivity contribution in [1.29, 1.82) is 0 Å². The lowest BCUT2D eigenvalue weighted by Crippen LogP contribution is -2.30. The molecule has 2 N–H and O–H groups in total. The van der Waals surface area contributed by atoms with E-state index in [9.17, 15) is 14.7 Å². The molecule has 0 radical (unpaired) electrons. The highest BCUT2D eigenvalue weighted by molar-refractivity contribution is 5.94. The van der Waals surface area contributed by atoms with E-state index in [1.54, 1.807) is 18.1 Å².